The maximum Gasteiger partial charge on any atom is 0.417 e. The summed E-state index contributed by atoms with van der Waals surface area (Å²) in [4.78, 5) is 12.0. The average molecular weight is 654 g/mol. The van der Waals surface area contributed by atoms with Crippen LogP contribution in [0.5, 0.6) is 6.01 Å². The van der Waals surface area contributed by atoms with Crippen LogP contribution in [-0.4, -0.2) is 83.4 Å². The largest absolute Gasteiger partial charge is 0.463 e. The molecular formula is C31H34F7N7O. The van der Waals surface area contributed by atoms with Gasteiger partial charge in [0.25, 0.3) is 5.92 Å². The lowest BCUT2D eigenvalue weighted by atomic mass is 9.91. The van der Waals surface area contributed by atoms with Gasteiger partial charge in [0.2, 0.25) is 0 Å². The molecule has 0 radical (unpaired) electrons. The van der Waals surface area contributed by atoms with Crippen molar-refractivity contribution < 1.29 is 35.5 Å². The summed E-state index contributed by atoms with van der Waals surface area (Å²) in [6.45, 7) is 5.40. The number of ether oxygens (including phenoxy) is 1. The second-order valence-corrected chi connectivity index (χ2v) is 12.8. The number of aromatic nitrogens is 4. The lowest BCUT2D eigenvalue weighted by molar-refractivity contribution is -0.137. The van der Waals surface area contributed by atoms with Gasteiger partial charge in [-0.2, -0.15) is 28.2 Å². The van der Waals surface area contributed by atoms with Crippen molar-refractivity contribution in [1.82, 2.24) is 30.4 Å². The van der Waals surface area contributed by atoms with Crippen LogP contribution in [0.3, 0.4) is 0 Å². The van der Waals surface area contributed by atoms with Crippen molar-refractivity contribution in [2.45, 2.75) is 57.8 Å². The van der Waals surface area contributed by atoms with Gasteiger partial charge in [-0.15, -0.1) is 0 Å². The van der Waals surface area contributed by atoms with Crippen LogP contribution in [0.1, 0.15) is 37.8 Å². The lowest BCUT2D eigenvalue weighted by Gasteiger charge is -2.38. The van der Waals surface area contributed by atoms with Crippen LogP contribution in [0.15, 0.2) is 18.3 Å². The Morgan fingerprint density at radius 2 is 1.80 bits per heavy atom. The molecule has 2 fully saturated rings. The number of nitrogens with one attached hydrogen (secondary N) is 2. The number of anilines is 1. The lowest BCUT2D eigenvalue weighted by Crippen LogP contribution is -2.55. The fraction of sp³-hybridized carbons (Fsp3) is 0.516. The van der Waals surface area contributed by atoms with Crippen molar-refractivity contribution in [3.05, 3.63) is 41.1 Å². The smallest absolute Gasteiger partial charge is 0.417 e. The molecule has 1 aliphatic heterocycles. The molecule has 46 heavy (non-hydrogen) atoms. The summed E-state index contributed by atoms with van der Waals surface area (Å²) in [5.41, 5.74) is -5.00. The number of H-pyrrole nitrogens is 1. The highest BCUT2D eigenvalue weighted by Crippen LogP contribution is 2.60. The standard InChI is InChI=1S/C31H34F7N7O/c1-6-17-11-45(10-16(3)40-17)27-18-8-20(32)23(22-19-9-39-43-21(19)7-15(2)24(22)31(36,37)38)25(33)26(18)41-28(42-27)46-14-29(13-44(4)5)12-30(29,34)35/h7-9,16-17,40H,6,10-14H2,1-5H3,(H,39,43)/t16-,17-,29-/m1/s1. The number of aromatic amines is 1. The van der Waals surface area contributed by atoms with E-state index in [1.165, 1.54) is 13.0 Å². The van der Waals surface area contributed by atoms with E-state index in [2.05, 4.69) is 25.5 Å². The van der Waals surface area contributed by atoms with Gasteiger partial charge in [0.05, 0.1) is 28.3 Å². The monoisotopic (exact) mass is 653 g/mol. The van der Waals surface area contributed by atoms with E-state index < -0.39 is 70.4 Å². The molecule has 3 atom stereocenters. The van der Waals surface area contributed by atoms with Crippen LogP contribution in [0, 0.1) is 24.0 Å². The minimum Gasteiger partial charge on any atom is -0.463 e. The number of piperazine rings is 1. The molecule has 8 nitrogen and oxygen atoms in total. The molecule has 248 valence electrons. The summed E-state index contributed by atoms with van der Waals surface area (Å²) in [5.74, 6) is -5.53. The maximum atomic E-state index is 16.7. The van der Waals surface area contributed by atoms with E-state index in [4.69, 9.17) is 4.74 Å². The third kappa shape index (κ3) is 5.50. The topological polar surface area (TPSA) is 82.2 Å². The van der Waals surface area contributed by atoms with Crippen LogP contribution in [-0.2, 0) is 6.18 Å². The number of aryl methyl sites for hydroxylation is 1. The number of fused-ring (bicyclic) bond motifs is 2. The van der Waals surface area contributed by atoms with Crippen molar-refractivity contribution in [1.29, 1.82) is 0 Å². The quantitative estimate of drug-likeness (QED) is 0.216. The van der Waals surface area contributed by atoms with Gasteiger partial charge in [0.1, 0.15) is 23.8 Å². The molecule has 4 aromatic rings. The zero-order valence-corrected chi connectivity index (χ0v) is 25.9. The predicted octanol–water partition coefficient (Wildman–Crippen LogP) is 6.32. The summed E-state index contributed by atoms with van der Waals surface area (Å²) in [6, 6.07) is 1.65. The Kier molecular flexibility index (Phi) is 7.86. The van der Waals surface area contributed by atoms with Gasteiger partial charge < -0.3 is 19.9 Å². The fourth-order valence-corrected chi connectivity index (χ4v) is 6.71. The van der Waals surface area contributed by atoms with Crippen LogP contribution in [0.2, 0.25) is 0 Å². The molecule has 1 aliphatic carbocycles. The van der Waals surface area contributed by atoms with E-state index in [0.29, 0.717) is 13.1 Å². The van der Waals surface area contributed by atoms with Crippen molar-refractivity contribution in [2.75, 3.05) is 45.2 Å². The number of hydrogen-bond acceptors (Lipinski definition) is 7. The molecule has 3 heterocycles. The van der Waals surface area contributed by atoms with Crippen molar-refractivity contribution >= 4 is 27.6 Å². The molecule has 1 saturated heterocycles. The summed E-state index contributed by atoms with van der Waals surface area (Å²) >= 11 is 0. The second kappa shape index (κ2) is 11.2. The number of rotatable bonds is 8. The zero-order valence-electron chi connectivity index (χ0n) is 25.9. The normalized spacial score (nSPS) is 23.1. The molecule has 15 heteroatoms. The molecule has 6 rings (SSSR count). The van der Waals surface area contributed by atoms with Gasteiger partial charge in [-0.05, 0) is 52.1 Å². The number of hydrogen-bond donors (Lipinski definition) is 2. The summed E-state index contributed by atoms with van der Waals surface area (Å²) < 4.78 is 111. The van der Waals surface area contributed by atoms with E-state index in [0.717, 1.165) is 18.7 Å². The van der Waals surface area contributed by atoms with E-state index in [1.807, 2.05) is 13.8 Å². The molecular weight excluding hydrogens is 619 g/mol. The summed E-state index contributed by atoms with van der Waals surface area (Å²) in [5, 5.41) is 9.60. The van der Waals surface area contributed by atoms with Gasteiger partial charge in [-0.25, -0.2) is 17.6 Å². The Hall–Kier alpha value is -3.72. The first-order valence-electron chi connectivity index (χ1n) is 15.0. The number of benzene rings is 2. The Labute approximate surface area is 260 Å². The minimum absolute atomic E-state index is 0.00312. The molecule has 2 N–H and O–H groups in total. The van der Waals surface area contributed by atoms with Crippen LogP contribution in [0.25, 0.3) is 32.9 Å². The van der Waals surface area contributed by atoms with Gasteiger partial charge in [0.15, 0.2) is 5.82 Å². The van der Waals surface area contributed by atoms with Gasteiger partial charge in [0, 0.05) is 54.5 Å². The molecule has 1 saturated carbocycles. The van der Waals surface area contributed by atoms with Crippen molar-refractivity contribution in [3.63, 3.8) is 0 Å². The van der Waals surface area contributed by atoms with Gasteiger partial charge >= 0.3 is 12.2 Å². The molecule has 0 spiro atoms. The third-order valence-electron chi connectivity index (χ3n) is 8.87. The minimum atomic E-state index is -4.97. The Bertz CT molecular complexity index is 1810. The van der Waals surface area contributed by atoms with Crippen LogP contribution in [0.4, 0.5) is 36.6 Å². The Balaban J connectivity index is 1.57. The molecule has 0 amide bonds. The molecule has 0 unspecified atom stereocenters. The zero-order chi connectivity index (χ0) is 33.3. The van der Waals surface area contributed by atoms with E-state index in [-0.39, 0.29) is 46.3 Å². The molecule has 2 aliphatic rings. The molecule has 0 bridgehead atoms. The fourth-order valence-electron chi connectivity index (χ4n) is 6.71. The maximum absolute atomic E-state index is 16.7. The van der Waals surface area contributed by atoms with Crippen LogP contribution >= 0.6 is 0 Å². The first kappa shape index (κ1) is 32.2. The van der Waals surface area contributed by atoms with Crippen molar-refractivity contribution in [3.8, 4) is 17.1 Å². The summed E-state index contributed by atoms with van der Waals surface area (Å²) in [7, 11) is 3.30. The highest BCUT2D eigenvalue weighted by atomic mass is 19.4. The number of halogens is 7. The van der Waals surface area contributed by atoms with E-state index >= 15 is 8.78 Å². The first-order valence-corrected chi connectivity index (χ1v) is 15.0. The van der Waals surface area contributed by atoms with Crippen molar-refractivity contribution in [2.24, 2.45) is 5.41 Å². The highest BCUT2D eigenvalue weighted by Gasteiger charge is 2.71. The average Bonchev–Trinajstić information content (AvgIpc) is 3.24. The van der Waals surface area contributed by atoms with Crippen LogP contribution < -0.4 is 15.0 Å². The van der Waals surface area contributed by atoms with Gasteiger partial charge in [-0.3, -0.25) is 5.10 Å². The highest BCUT2D eigenvalue weighted by molar-refractivity contribution is 6.01. The third-order valence-corrected chi connectivity index (χ3v) is 8.87. The van der Waals surface area contributed by atoms with E-state index in [1.54, 1.807) is 23.9 Å². The van der Waals surface area contributed by atoms with E-state index in [9.17, 15) is 22.0 Å². The summed E-state index contributed by atoms with van der Waals surface area (Å²) in [6.07, 6.45) is -3.58. The number of nitrogens with zero attached hydrogens (tertiary/aromatic N) is 5. The number of alkyl halides is 5. The molecule has 2 aromatic carbocycles. The SMILES string of the molecule is CC[C@@H]1CN(c2nc(OC[C@]3(CN(C)C)CC3(F)F)nc3c(F)c(-c4c(C(F)(F)F)c(C)cc5[nH]ncc45)c(F)cc23)C[C@@H](C)N1. The Morgan fingerprint density at radius 1 is 1.09 bits per heavy atom. The predicted molar refractivity (Wildman–Crippen MR) is 159 cm³/mol. The first-order chi connectivity index (χ1) is 21.5. The van der Waals surface area contributed by atoms with Gasteiger partial charge in [-0.1, -0.05) is 6.92 Å². The Morgan fingerprint density at radius 3 is 2.43 bits per heavy atom. The second-order valence-electron chi connectivity index (χ2n) is 12.8. The molecule has 2 aromatic heterocycles.